The van der Waals surface area contributed by atoms with Crippen molar-refractivity contribution < 1.29 is 28.5 Å². The van der Waals surface area contributed by atoms with Gasteiger partial charge in [-0.25, -0.2) is 4.39 Å². The number of carbonyl (C=O) groups is 1. The summed E-state index contributed by atoms with van der Waals surface area (Å²) >= 11 is 6.82. The molecule has 2 aliphatic rings. The Morgan fingerprint density at radius 3 is 2.33 bits per heavy atom. The Morgan fingerprint density at radius 1 is 0.865 bits per heavy atom. The molecular formula is C41H46ClFN4O5. The number of hydrogen-bond acceptors (Lipinski definition) is 8. The van der Waals surface area contributed by atoms with Gasteiger partial charge >= 0.3 is 0 Å². The number of hydrogen-bond donors (Lipinski definition) is 1. The summed E-state index contributed by atoms with van der Waals surface area (Å²) in [7, 11) is 0. The monoisotopic (exact) mass is 728 g/mol. The zero-order valence-corrected chi connectivity index (χ0v) is 30.4. The Balaban J connectivity index is 0.00000168. The standard InChI is InChI=1S/C40H44ClFN4O3.CH2O2/c1-29-32(10-7-11-34(29)35-12-8-13-37(40(35)42)47-19-9-18-45-14-5-6-15-45)28-49-39-22-38(48-27-31-20-30(23-43)24-44-25-31)33(21-36(39)41)26-46-16-3-2-4-17-46;2-1-3/h7-8,10-13,20-22,24-25H,2-6,9,14-19,26-28H2,1H3;1H,(H,2,3). The second kappa shape index (κ2) is 19.8. The molecule has 0 aliphatic carbocycles. The molecular weight excluding hydrogens is 683 g/mol. The summed E-state index contributed by atoms with van der Waals surface area (Å²) in [6.45, 7) is 8.78. The van der Waals surface area contributed by atoms with Crippen LogP contribution in [0, 0.1) is 24.1 Å². The van der Waals surface area contributed by atoms with Gasteiger partial charge in [-0.05, 0) is 100 Å². The van der Waals surface area contributed by atoms with Crippen LogP contribution in [0.1, 0.15) is 66.3 Å². The lowest BCUT2D eigenvalue weighted by Crippen LogP contribution is -2.29. The minimum absolute atomic E-state index is 0.243. The van der Waals surface area contributed by atoms with Crippen molar-refractivity contribution in [2.75, 3.05) is 39.3 Å². The van der Waals surface area contributed by atoms with Crippen LogP contribution in [-0.2, 0) is 24.6 Å². The van der Waals surface area contributed by atoms with E-state index in [0.717, 1.165) is 73.5 Å². The number of piperidine rings is 1. The Kier molecular flexibility index (Phi) is 14.7. The van der Waals surface area contributed by atoms with Crippen LogP contribution in [0.4, 0.5) is 4.39 Å². The first-order valence-electron chi connectivity index (χ1n) is 17.8. The molecule has 0 saturated carbocycles. The molecule has 0 spiro atoms. The number of pyridine rings is 1. The summed E-state index contributed by atoms with van der Waals surface area (Å²) in [6.07, 6.45) is 10.2. The number of halogens is 2. The Bertz CT molecular complexity index is 1820. The van der Waals surface area contributed by atoms with Gasteiger partial charge in [0, 0.05) is 48.2 Å². The fourth-order valence-electron chi connectivity index (χ4n) is 6.69. The Hall–Kier alpha value is -4.69. The van der Waals surface area contributed by atoms with Crippen molar-refractivity contribution in [3.05, 3.63) is 106 Å². The highest BCUT2D eigenvalue weighted by Crippen LogP contribution is 2.37. The summed E-state index contributed by atoms with van der Waals surface area (Å²) in [5.41, 5.74) is 5.41. The maximum Gasteiger partial charge on any atom is 0.290 e. The second-order valence-corrected chi connectivity index (χ2v) is 13.5. The van der Waals surface area contributed by atoms with E-state index in [1.807, 2.05) is 43.3 Å². The van der Waals surface area contributed by atoms with Gasteiger partial charge in [0.1, 0.15) is 30.8 Å². The molecule has 0 radical (unpaired) electrons. The van der Waals surface area contributed by atoms with Crippen molar-refractivity contribution in [2.45, 2.75) is 65.2 Å². The summed E-state index contributed by atoms with van der Waals surface area (Å²) in [5.74, 6) is 1.11. The number of ether oxygens (including phenoxy) is 3. The average Bonchev–Trinajstić information content (AvgIpc) is 3.68. The summed E-state index contributed by atoms with van der Waals surface area (Å²) in [5, 5.41) is 16.7. The van der Waals surface area contributed by atoms with Gasteiger partial charge in [0.2, 0.25) is 0 Å². The van der Waals surface area contributed by atoms with Crippen LogP contribution in [-0.4, -0.2) is 65.7 Å². The first-order chi connectivity index (χ1) is 25.4. The highest BCUT2D eigenvalue weighted by atomic mass is 35.5. The van der Waals surface area contributed by atoms with Gasteiger partial charge in [-0.1, -0.05) is 48.4 Å². The van der Waals surface area contributed by atoms with Gasteiger partial charge in [0.25, 0.3) is 6.47 Å². The maximum absolute atomic E-state index is 15.8. The molecule has 4 aromatic rings. The lowest BCUT2D eigenvalue weighted by molar-refractivity contribution is -0.122. The van der Waals surface area contributed by atoms with Gasteiger partial charge in [0.05, 0.1) is 17.2 Å². The quantitative estimate of drug-likeness (QED) is 0.101. The van der Waals surface area contributed by atoms with Crippen molar-refractivity contribution >= 4 is 18.1 Å². The average molecular weight is 729 g/mol. The number of aromatic nitrogens is 1. The van der Waals surface area contributed by atoms with Gasteiger partial charge in [-0.3, -0.25) is 14.7 Å². The number of rotatable bonds is 14. The molecule has 3 aromatic carbocycles. The minimum atomic E-state index is -0.352. The van der Waals surface area contributed by atoms with Crippen molar-refractivity contribution in [1.29, 1.82) is 5.26 Å². The minimum Gasteiger partial charge on any atom is -0.490 e. The fraction of sp³-hybridized carbons (Fsp3) is 0.390. The summed E-state index contributed by atoms with van der Waals surface area (Å²) < 4.78 is 34.3. The maximum atomic E-state index is 15.8. The lowest BCUT2D eigenvalue weighted by Gasteiger charge is -2.27. The van der Waals surface area contributed by atoms with Crippen LogP contribution in [0.2, 0.25) is 5.02 Å². The molecule has 2 saturated heterocycles. The van der Waals surface area contributed by atoms with E-state index >= 15 is 4.39 Å². The highest BCUT2D eigenvalue weighted by Gasteiger charge is 2.19. The molecule has 11 heteroatoms. The zero-order chi connectivity index (χ0) is 36.7. The summed E-state index contributed by atoms with van der Waals surface area (Å²) in [6, 6.07) is 18.9. The third-order valence-electron chi connectivity index (χ3n) is 9.43. The number of nitriles is 1. The first-order valence-corrected chi connectivity index (χ1v) is 18.2. The Morgan fingerprint density at radius 2 is 1.56 bits per heavy atom. The molecule has 52 heavy (non-hydrogen) atoms. The predicted molar refractivity (Wildman–Crippen MR) is 199 cm³/mol. The number of carboxylic acid groups (broad SMARTS) is 1. The first kappa shape index (κ1) is 38.5. The molecule has 0 amide bonds. The van der Waals surface area contributed by atoms with Gasteiger partial charge in [0.15, 0.2) is 11.6 Å². The topological polar surface area (TPSA) is 108 Å². The molecule has 1 N–H and O–H groups in total. The van der Waals surface area contributed by atoms with Crippen LogP contribution < -0.4 is 14.2 Å². The molecule has 0 bridgehead atoms. The molecule has 2 aliphatic heterocycles. The van der Waals surface area contributed by atoms with E-state index in [1.165, 1.54) is 38.3 Å². The van der Waals surface area contributed by atoms with Gasteiger partial charge in [-0.2, -0.15) is 5.26 Å². The van der Waals surface area contributed by atoms with E-state index in [9.17, 15) is 5.26 Å². The molecule has 9 nitrogen and oxygen atoms in total. The fourth-order valence-corrected chi connectivity index (χ4v) is 6.93. The van der Waals surface area contributed by atoms with Crippen LogP contribution in [0.3, 0.4) is 0 Å². The number of benzene rings is 3. The van der Waals surface area contributed by atoms with E-state index in [-0.39, 0.29) is 31.3 Å². The van der Waals surface area contributed by atoms with E-state index in [4.69, 9.17) is 35.7 Å². The highest BCUT2D eigenvalue weighted by molar-refractivity contribution is 6.32. The molecule has 6 rings (SSSR count). The van der Waals surface area contributed by atoms with E-state index in [1.54, 1.807) is 24.4 Å². The molecule has 0 atom stereocenters. The lowest BCUT2D eigenvalue weighted by atomic mass is 9.96. The number of nitrogens with zero attached hydrogens (tertiary/aromatic N) is 4. The zero-order valence-electron chi connectivity index (χ0n) is 29.7. The van der Waals surface area contributed by atoms with Crippen LogP contribution in [0.25, 0.3) is 11.1 Å². The third kappa shape index (κ3) is 10.7. The largest absolute Gasteiger partial charge is 0.490 e. The van der Waals surface area contributed by atoms with Crippen LogP contribution in [0.5, 0.6) is 17.2 Å². The van der Waals surface area contributed by atoms with Crippen molar-refractivity contribution in [3.8, 4) is 34.4 Å². The van der Waals surface area contributed by atoms with E-state index in [0.29, 0.717) is 34.3 Å². The SMILES string of the molecule is Cc1c(COc2cc(OCc3cncc(C#N)c3)c(CN3CCCCC3)cc2Cl)cccc1-c1cccc(OCCCN2CCCC2)c1F.O=CO. The molecule has 2 fully saturated rings. The molecule has 3 heterocycles. The normalized spacial score (nSPS) is 14.6. The second-order valence-electron chi connectivity index (χ2n) is 13.1. The Labute approximate surface area is 310 Å². The van der Waals surface area contributed by atoms with Crippen LogP contribution >= 0.6 is 11.6 Å². The smallest absolute Gasteiger partial charge is 0.290 e. The summed E-state index contributed by atoms with van der Waals surface area (Å²) in [4.78, 5) is 17.4. The van der Waals surface area contributed by atoms with Crippen molar-refractivity contribution in [2.24, 2.45) is 0 Å². The molecule has 1 aromatic heterocycles. The number of likely N-dealkylation sites (tertiary alicyclic amines) is 2. The van der Waals surface area contributed by atoms with Crippen molar-refractivity contribution in [3.63, 3.8) is 0 Å². The predicted octanol–water partition coefficient (Wildman–Crippen LogP) is 8.43. The van der Waals surface area contributed by atoms with E-state index in [2.05, 4.69) is 20.9 Å². The van der Waals surface area contributed by atoms with Crippen LogP contribution in [0.15, 0.2) is 67.0 Å². The van der Waals surface area contributed by atoms with E-state index < -0.39 is 0 Å². The van der Waals surface area contributed by atoms with Crippen molar-refractivity contribution in [1.82, 2.24) is 14.8 Å². The molecule has 0 unspecified atom stereocenters. The van der Waals surface area contributed by atoms with Gasteiger partial charge in [-0.15, -0.1) is 0 Å². The van der Waals surface area contributed by atoms with Gasteiger partial charge < -0.3 is 24.2 Å². The molecule has 274 valence electrons. The third-order valence-corrected chi connectivity index (χ3v) is 9.73.